The summed E-state index contributed by atoms with van der Waals surface area (Å²) in [6.45, 7) is 5.81. The van der Waals surface area contributed by atoms with Gasteiger partial charge in [-0.15, -0.1) is 0 Å². The predicted molar refractivity (Wildman–Crippen MR) is 54.6 cm³/mol. The van der Waals surface area contributed by atoms with Gasteiger partial charge in [-0.2, -0.15) is 5.06 Å². The van der Waals surface area contributed by atoms with Gasteiger partial charge >= 0.3 is 0 Å². The zero-order valence-electron chi connectivity index (χ0n) is 9.15. The molecule has 3 nitrogen and oxygen atoms in total. The van der Waals surface area contributed by atoms with Crippen molar-refractivity contribution >= 4 is 0 Å². The number of β-amino-alcohol motifs (C(OH)–C–C–N with tert-alkyl or cyclic N) is 1. The molecule has 1 heterocycles. The molecule has 0 aromatic rings. The highest BCUT2D eigenvalue weighted by atomic mass is 16.7. The second kappa shape index (κ2) is 4.17. The normalized spacial score (nSPS) is 45.6. The molecule has 1 aliphatic carbocycles. The Labute approximate surface area is 86.0 Å². The van der Waals surface area contributed by atoms with E-state index in [0.29, 0.717) is 19.2 Å². The van der Waals surface area contributed by atoms with E-state index in [1.165, 1.54) is 19.3 Å². The fraction of sp³-hybridized carbons (Fsp3) is 1.00. The SMILES string of the molecule is CC1CC(C)CC(N2C[C@H](O)CO2)C1. The van der Waals surface area contributed by atoms with Crippen LogP contribution in [0.3, 0.4) is 0 Å². The molecule has 0 radical (unpaired) electrons. The highest BCUT2D eigenvalue weighted by Crippen LogP contribution is 2.32. The Hall–Kier alpha value is -0.120. The molecule has 0 bridgehead atoms. The van der Waals surface area contributed by atoms with Crippen molar-refractivity contribution in [2.45, 2.75) is 45.3 Å². The van der Waals surface area contributed by atoms with Crippen LogP contribution in [0, 0.1) is 11.8 Å². The molecule has 2 aliphatic rings. The van der Waals surface area contributed by atoms with Crippen LogP contribution >= 0.6 is 0 Å². The molecule has 14 heavy (non-hydrogen) atoms. The minimum absolute atomic E-state index is 0.275. The number of aliphatic hydroxyl groups excluding tert-OH is 1. The van der Waals surface area contributed by atoms with Crippen LogP contribution in [0.2, 0.25) is 0 Å². The predicted octanol–water partition coefficient (Wildman–Crippen LogP) is 1.42. The lowest BCUT2D eigenvalue weighted by molar-refractivity contribution is -0.155. The minimum atomic E-state index is -0.275. The molecule has 1 aliphatic heterocycles. The number of hydrogen-bond donors (Lipinski definition) is 1. The van der Waals surface area contributed by atoms with Gasteiger partial charge in [0, 0.05) is 6.04 Å². The van der Waals surface area contributed by atoms with E-state index >= 15 is 0 Å². The third kappa shape index (κ3) is 2.27. The smallest absolute Gasteiger partial charge is 0.0958 e. The molecule has 1 N–H and O–H groups in total. The van der Waals surface area contributed by atoms with E-state index < -0.39 is 0 Å². The van der Waals surface area contributed by atoms with E-state index in [1.54, 1.807) is 0 Å². The molecular formula is C11H21NO2. The maximum Gasteiger partial charge on any atom is 0.0958 e. The molecule has 1 saturated heterocycles. The third-order valence-electron chi connectivity index (χ3n) is 3.38. The molecule has 1 saturated carbocycles. The molecule has 2 unspecified atom stereocenters. The molecular weight excluding hydrogens is 178 g/mol. The fourth-order valence-electron chi connectivity index (χ4n) is 2.89. The summed E-state index contributed by atoms with van der Waals surface area (Å²) >= 11 is 0. The van der Waals surface area contributed by atoms with Crippen molar-refractivity contribution in [1.82, 2.24) is 5.06 Å². The Morgan fingerprint density at radius 3 is 2.29 bits per heavy atom. The monoisotopic (exact) mass is 199 g/mol. The summed E-state index contributed by atoms with van der Waals surface area (Å²) < 4.78 is 0. The molecule has 3 heteroatoms. The summed E-state index contributed by atoms with van der Waals surface area (Å²) in [6, 6.07) is 0.533. The highest BCUT2D eigenvalue weighted by molar-refractivity contribution is 4.81. The lowest BCUT2D eigenvalue weighted by Crippen LogP contribution is -2.38. The summed E-state index contributed by atoms with van der Waals surface area (Å²) in [5.74, 6) is 1.59. The first-order valence-electron chi connectivity index (χ1n) is 5.72. The van der Waals surface area contributed by atoms with Crippen molar-refractivity contribution in [1.29, 1.82) is 0 Å². The second-order valence-electron chi connectivity index (χ2n) is 5.12. The lowest BCUT2D eigenvalue weighted by Gasteiger charge is -2.35. The summed E-state index contributed by atoms with van der Waals surface area (Å²) in [4.78, 5) is 5.48. The van der Waals surface area contributed by atoms with Crippen LogP contribution in [0.4, 0.5) is 0 Å². The van der Waals surface area contributed by atoms with Gasteiger partial charge in [0.25, 0.3) is 0 Å². The van der Waals surface area contributed by atoms with Gasteiger partial charge in [0.05, 0.1) is 19.3 Å². The first-order chi connectivity index (χ1) is 6.65. The van der Waals surface area contributed by atoms with Crippen LogP contribution < -0.4 is 0 Å². The maximum absolute atomic E-state index is 9.40. The van der Waals surface area contributed by atoms with Gasteiger partial charge in [-0.05, 0) is 31.1 Å². The van der Waals surface area contributed by atoms with Crippen molar-refractivity contribution < 1.29 is 9.94 Å². The molecule has 0 aromatic carbocycles. The van der Waals surface area contributed by atoms with Gasteiger partial charge in [-0.25, -0.2) is 0 Å². The first kappa shape index (κ1) is 10.4. The standard InChI is InChI=1S/C11H21NO2/c1-8-3-9(2)5-10(4-8)12-6-11(13)7-14-12/h8-11,13H,3-7H2,1-2H3/t8?,9?,10?,11-/m0/s1. The van der Waals surface area contributed by atoms with Crippen molar-refractivity contribution in [3.63, 3.8) is 0 Å². The van der Waals surface area contributed by atoms with Crippen molar-refractivity contribution in [3.8, 4) is 0 Å². The summed E-state index contributed by atoms with van der Waals surface area (Å²) in [6.07, 6.45) is 3.50. The Balaban J connectivity index is 1.90. The molecule has 3 atom stereocenters. The van der Waals surface area contributed by atoms with E-state index in [0.717, 1.165) is 11.8 Å². The Bertz CT molecular complexity index is 188. The van der Waals surface area contributed by atoms with Gasteiger partial charge in [0.2, 0.25) is 0 Å². The third-order valence-corrected chi connectivity index (χ3v) is 3.38. The van der Waals surface area contributed by atoms with Gasteiger partial charge in [-0.1, -0.05) is 13.8 Å². The number of aliphatic hydroxyl groups is 1. The maximum atomic E-state index is 9.40. The van der Waals surface area contributed by atoms with Crippen LogP contribution in [0.25, 0.3) is 0 Å². The number of rotatable bonds is 1. The Morgan fingerprint density at radius 2 is 1.79 bits per heavy atom. The zero-order valence-corrected chi connectivity index (χ0v) is 9.15. The second-order valence-corrected chi connectivity index (χ2v) is 5.12. The van der Waals surface area contributed by atoms with E-state index in [-0.39, 0.29) is 6.10 Å². The molecule has 0 amide bonds. The first-order valence-corrected chi connectivity index (χ1v) is 5.72. The number of hydrogen-bond acceptors (Lipinski definition) is 3. The highest BCUT2D eigenvalue weighted by Gasteiger charge is 2.33. The summed E-state index contributed by atoms with van der Waals surface area (Å²) in [5, 5.41) is 11.4. The lowest BCUT2D eigenvalue weighted by atomic mass is 9.80. The van der Waals surface area contributed by atoms with Crippen LogP contribution in [0.5, 0.6) is 0 Å². The molecule has 2 rings (SSSR count). The largest absolute Gasteiger partial charge is 0.389 e. The van der Waals surface area contributed by atoms with E-state index in [4.69, 9.17) is 4.84 Å². The Kier molecular flexibility index (Phi) is 3.10. The average Bonchev–Trinajstić information content (AvgIpc) is 2.50. The van der Waals surface area contributed by atoms with Crippen LogP contribution in [0.15, 0.2) is 0 Å². The number of nitrogens with zero attached hydrogens (tertiary/aromatic N) is 1. The molecule has 0 aromatic heterocycles. The van der Waals surface area contributed by atoms with Gasteiger partial charge < -0.3 is 5.11 Å². The molecule has 0 spiro atoms. The Morgan fingerprint density at radius 1 is 1.14 bits per heavy atom. The van der Waals surface area contributed by atoms with E-state index in [9.17, 15) is 5.11 Å². The van der Waals surface area contributed by atoms with Crippen molar-refractivity contribution in [2.24, 2.45) is 11.8 Å². The van der Waals surface area contributed by atoms with Gasteiger partial charge in [0.1, 0.15) is 0 Å². The average molecular weight is 199 g/mol. The minimum Gasteiger partial charge on any atom is -0.389 e. The van der Waals surface area contributed by atoms with Crippen LogP contribution in [-0.2, 0) is 4.84 Å². The number of hydroxylamine groups is 2. The van der Waals surface area contributed by atoms with Gasteiger partial charge in [0.15, 0.2) is 0 Å². The van der Waals surface area contributed by atoms with Crippen molar-refractivity contribution in [3.05, 3.63) is 0 Å². The van der Waals surface area contributed by atoms with E-state index in [2.05, 4.69) is 13.8 Å². The van der Waals surface area contributed by atoms with E-state index in [1.807, 2.05) is 5.06 Å². The molecule has 82 valence electrons. The van der Waals surface area contributed by atoms with Crippen LogP contribution in [0.1, 0.15) is 33.1 Å². The quantitative estimate of drug-likeness (QED) is 0.693. The van der Waals surface area contributed by atoms with Gasteiger partial charge in [-0.3, -0.25) is 4.84 Å². The summed E-state index contributed by atoms with van der Waals surface area (Å²) in [7, 11) is 0. The fourth-order valence-corrected chi connectivity index (χ4v) is 2.89. The summed E-state index contributed by atoms with van der Waals surface area (Å²) in [5.41, 5.74) is 0. The topological polar surface area (TPSA) is 32.7 Å². The van der Waals surface area contributed by atoms with Crippen molar-refractivity contribution in [2.75, 3.05) is 13.2 Å². The van der Waals surface area contributed by atoms with Crippen LogP contribution in [-0.4, -0.2) is 35.5 Å². The molecule has 2 fully saturated rings. The zero-order chi connectivity index (χ0) is 10.1.